The molecule has 0 saturated heterocycles. The molecule has 0 fully saturated rings. The number of aromatic nitrogens is 4. The van der Waals surface area contributed by atoms with E-state index in [-0.39, 0.29) is 6.54 Å². The van der Waals surface area contributed by atoms with E-state index in [1.807, 2.05) is 0 Å². The predicted molar refractivity (Wildman–Crippen MR) is 102 cm³/mol. The molecule has 3 amide bonds. The minimum absolute atomic E-state index is 0.296. The highest BCUT2D eigenvalue weighted by molar-refractivity contribution is 6.22. The van der Waals surface area contributed by atoms with E-state index in [0.717, 1.165) is 4.90 Å². The molecule has 0 radical (unpaired) electrons. The fourth-order valence-electron chi connectivity index (χ4n) is 2.92. The van der Waals surface area contributed by atoms with Gasteiger partial charge >= 0.3 is 0 Å². The van der Waals surface area contributed by atoms with Crippen LogP contribution in [0.5, 0.6) is 0 Å². The van der Waals surface area contributed by atoms with Gasteiger partial charge in [0, 0.05) is 25.5 Å². The number of nitrogens with one attached hydrogen (secondary N) is 2. The molecule has 4 rings (SSSR count). The average molecular weight is 391 g/mol. The van der Waals surface area contributed by atoms with E-state index in [9.17, 15) is 14.4 Å². The third kappa shape index (κ3) is 3.81. The molecule has 10 heteroatoms. The summed E-state index contributed by atoms with van der Waals surface area (Å²) in [4.78, 5) is 37.6. The summed E-state index contributed by atoms with van der Waals surface area (Å²) in [7, 11) is 0. The molecule has 0 bridgehead atoms. The summed E-state index contributed by atoms with van der Waals surface area (Å²) < 4.78 is 1.59. The average Bonchev–Trinajstić information content (AvgIpc) is 3.36. The molecule has 1 aromatic carbocycles. The first-order chi connectivity index (χ1) is 14.1. The van der Waals surface area contributed by atoms with E-state index >= 15 is 0 Å². The van der Waals surface area contributed by atoms with Crippen molar-refractivity contribution in [3.05, 3.63) is 66.0 Å². The number of anilines is 1. The van der Waals surface area contributed by atoms with Crippen molar-refractivity contribution in [2.24, 2.45) is 0 Å². The lowest BCUT2D eigenvalue weighted by atomic mass is 10.1. The van der Waals surface area contributed by atoms with E-state index < -0.39 is 17.7 Å². The van der Waals surface area contributed by atoms with Crippen LogP contribution in [0.25, 0.3) is 5.82 Å². The van der Waals surface area contributed by atoms with Crippen molar-refractivity contribution in [1.82, 2.24) is 30.2 Å². The van der Waals surface area contributed by atoms with Crippen LogP contribution in [0.2, 0.25) is 0 Å². The highest BCUT2D eigenvalue weighted by Crippen LogP contribution is 2.21. The molecule has 2 N–H and O–H groups in total. The smallest absolute Gasteiger partial charge is 0.262 e. The van der Waals surface area contributed by atoms with Gasteiger partial charge in [-0.3, -0.25) is 19.3 Å². The number of amides is 3. The first-order valence-corrected chi connectivity index (χ1v) is 8.93. The van der Waals surface area contributed by atoms with Gasteiger partial charge in [-0.1, -0.05) is 12.1 Å². The Labute approximate surface area is 165 Å². The predicted octanol–water partition coefficient (Wildman–Crippen LogP) is 0.487. The normalized spacial score (nSPS) is 12.8. The summed E-state index contributed by atoms with van der Waals surface area (Å²) in [5.74, 6) is -0.176. The number of imide groups is 1. The van der Waals surface area contributed by atoms with Gasteiger partial charge in [-0.25, -0.2) is 4.68 Å². The molecule has 0 atom stereocenters. The Morgan fingerprint density at radius 2 is 1.69 bits per heavy atom. The highest BCUT2D eigenvalue weighted by atomic mass is 16.2. The van der Waals surface area contributed by atoms with Crippen LogP contribution in [0.3, 0.4) is 0 Å². The van der Waals surface area contributed by atoms with Crippen LogP contribution >= 0.6 is 0 Å². The van der Waals surface area contributed by atoms with Gasteiger partial charge in [-0.15, -0.1) is 10.2 Å². The maximum atomic E-state index is 12.3. The Bertz CT molecular complexity index is 1010. The zero-order valence-electron chi connectivity index (χ0n) is 15.3. The number of fused-ring (bicyclic) bond motifs is 1. The molecular formula is C19H17N7O3. The summed E-state index contributed by atoms with van der Waals surface area (Å²) in [5.41, 5.74) is 0.646. The van der Waals surface area contributed by atoms with E-state index in [2.05, 4.69) is 25.9 Å². The first-order valence-electron chi connectivity index (χ1n) is 8.93. The number of hydrogen-bond donors (Lipinski definition) is 2. The molecule has 29 heavy (non-hydrogen) atoms. The maximum Gasteiger partial charge on any atom is 0.262 e. The van der Waals surface area contributed by atoms with Gasteiger partial charge in [0.15, 0.2) is 5.82 Å². The Morgan fingerprint density at radius 1 is 0.931 bits per heavy atom. The second kappa shape index (κ2) is 7.89. The molecule has 1 aliphatic heterocycles. The Kier molecular flexibility index (Phi) is 4.97. The third-order valence-corrected chi connectivity index (χ3v) is 4.32. The molecule has 0 spiro atoms. The standard InChI is InChI=1S/C19H17N7O3/c27-17(12-25-18(28)13-4-1-2-5-14(13)19(25)29)21-10-9-20-15-6-7-16(24-23-15)26-11-3-8-22-26/h1-8,11H,9-10,12H2,(H,20,23)(H,21,27). The van der Waals surface area contributed by atoms with Crippen molar-refractivity contribution in [2.45, 2.75) is 0 Å². The molecule has 0 unspecified atom stereocenters. The Morgan fingerprint density at radius 3 is 2.31 bits per heavy atom. The van der Waals surface area contributed by atoms with E-state index in [1.165, 1.54) is 0 Å². The number of rotatable bonds is 7. The molecule has 146 valence electrons. The molecular weight excluding hydrogens is 374 g/mol. The van der Waals surface area contributed by atoms with Crippen LogP contribution in [-0.2, 0) is 4.79 Å². The van der Waals surface area contributed by atoms with Gasteiger partial charge in [0.2, 0.25) is 5.91 Å². The van der Waals surface area contributed by atoms with Crippen LogP contribution < -0.4 is 10.6 Å². The van der Waals surface area contributed by atoms with Crippen LogP contribution in [-0.4, -0.2) is 62.2 Å². The highest BCUT2D eigenvalue weighted by Gasteiger charge is 2.36. The van der Waals surface area contributed by atoms with E-state index in [0.29, 0.717) is 35.9 Å². The van der Waals surface area contributed by atoms with Crippen LogP contribution in [0.4, 0.5) is 5.82 Å². The van der Waals surface area contributed by atoms with Gasteiger partial charge < -0.3 is 10.6 Å². The number of benzene rings is 1. The van der Waals surface area contributed by atoms with Crippen molar-refractivity contribution in [3.8, 4) is 5.82 Å². The van der Waals surface area contributed by atoms with Crippen molar-refractivity contribution in [3.63, 3.8) is 0 Å². The number of carbonyl (C=O) groups excluding carboxylic acids is 3. The van der Waals surface area contributed by atoms with E-state index in [4.69, 9.17) is 0 Å². The molecule has 0 saturated carbocycles. The molecule has 3 aromatic rings. The minimum atomic E-state index is -0.452. The lowest BCUT2D eigenvalue weighted by Gasteiger charge is -2.13. The zero-order chi connectivity index (χ0) is 20.2. The summed E-state index contributed by atoms with van der Waals surface area (Å²) >= 11 is 0. The SMILES string of the molecule is O=C(CN1C(=O)c2ccccc2C1=O)NCCNc1ccc(-n2cccn2)nn1. The quantitative estimate of drug-likeness (QED) is 0.444. The van der Waals surface area contributed by atoms with Gasteiger partial charge in [0.1, 0.15) is 12.4 Å². The second-order valence-electron chi connectivity index (χ2n) is 6.25. The van der Waals surface area contributed by atoms with Gasteiger partial charge in [0.05, 0.1) is 11.1 Å². The topological polar surface area (TPSA) is 122 Å². The van der Waals surface area contributed by atoms with Gasteiger partial charge in [-0.05, 0) is 30.3 Å². The second-order valence-corrected chi connectivity index (χ2v) is 6.25. The summed E-state index contributed by atoms with van der Waals surface area (Å²) in [5, 5.41) is 17.9. The summed E-state index contributed by atoms with van der Waals surface area (Å²) in [6.07, 6.45) is 3.42. The number of hydrogen-bond acceptors (Lipinski definition) is 7. The van der Waals surface area contributed by atoms with Crippen molar-refractivity contribution in [2.75, 3.05) is 25.0 Å². The largest absolute Gasteiger partial charge is 0.367 e. The summed E-state index contributed by atoms with van der Waals surface area (Å²) in [6, 6.07) is 11.8. The van der Waals surface area contributed by atoms with Crippen molar-refractivity contribution in [1.29, 1.82) is 0 Å². The molecule has 1 aliphatic rings. The zero-order valence-corrected chi connectivity index (χ0v) is 15.3. The summed E-state index contributed by atoms with van der Waals surface area (Å²) in [6.45, 7) is 0.388. The monoisotopic (exact) mass is 391 g/mol. The fourth-order valence-corrected chi connectivity index (χ4v) is 2.92. The van der Waals surface area contributed by atoms with Gasteiger partial charge in [0.25, 0.3) is 11.8 Å². The van der Waals surface area contributed by atoms with E-state index in [1.54, 1.807) is 59.5 Å². The fraction of sp³-hybridized carbons (Fsp3) is 0.158. The molecule has 10 nitrogen and oxygen atoms in total. The maximum absolute atomic E-state index is 12.3. The van der Waals surface area contributed by atoms with Crippen LogP contribution in [0, 0.1) is 0 Å². The van der Waals surface area contributed by atoms with Crippen molar-refractivity contribution >= 4 is 23.5 Å². The molecule has 0 aliphatic carbocycles. The number of nitrogens with zero attached hydrogens (tertiary/aromatic N) is 5. The number of carbonyl (C=O) groups is 3. The van der Waals surface area contributed by atoms with Gasteiger partial charge in [-0.2, -0.15) is 5.10 Å². The Balaban J connectivity index is 1.23. The Hall–Kier alpha value is -4.08. The minimum Gasteiger partial charge on any atom is -0.367 e. The first kappa shape index (κ1) is 18.3. The molecule has 3 heterocycles. The molecule has 2 aromatic heterocycles. The third-order valence-electron chi connectivity index (χ3n) is 4.32. The lowest BCUT2D eigenvalue weighted by molar-refractivity contribution is -0.121. The van der Waals surface area contributed by atoms with Crippen LogP contribution in [0.1, 0.15) is 20.7 Å². The van der Waals surface area contributed by atoms with Crippen molar-refractivity contribution < 1.29 is 14.4 Å². The lowest BCUT2D eigenvalue weighted by Crippen LogP contribution is -2.41. The van der Waals surface area contributed by atoms with Crippen LogP contribution in [0.15, 0.2) is 54.9 Å².